The number of rotatable bonds is 7. The summed E-state index contributed by atoms with van der Waals surface area (Å²) in [5, 5.41) is 2.83. The molecule has 7 heteroatoms. The summed E-state index contributed by atoms with van der Waals surface area (Å²) in [5.74, 6) is -0.403. The summed E-state index contributed by atoms with van der Waals surface area (Å²) in [7, 11) is 2.12. The van der Waals surface area contributed by atoms with Gasteiger partial charge in [-0.25, -0.2) is 4.79 Å². The van der Waals surface area contributed by atoms with Gasteiger partial charge in [-0.3, -0.25) is 14.2 Å². The highest BCUT2D eigenvalue weighted by atomic mass is 16.6. The third-order valence-corrected chi connectivity index (χ3v) is 5.04. The van der Waals surface area contributed by atoms with E-state index in [-0.39, 0.29) is 12.1 Å². The van der Waals surface area contributed by atoms with Gasteiger partial charge in [0.2, 0.25) is 12.6 Å². The van der Waals surface area contributed by atoms with E-state index in [9.17, 15) is 9.59 Å². The molecule has 1 aromatic carbocycles. The molecule has 3 N–H and O–H groups in total. The zero-order valence-corrected chi connectivity index (χ0v) is 16.0. The van der Waals surface area contributed by atoms with Gasteiger partial charge in [-0.15, -0.1) is 0 Å². The number of quaternary nitrogens is 1. The Morgan fingerprint density at radius 3 is 2.42 bits per heavy atom. The topological polar surface area (TPSA) is 84.7 Å². The van der Waals surface area contributed by atoms with Crippen LogP contribution in [0.15, 0.2) is 24.3 Å². The van der Waals surface area contributed by atoms with E-state index >= 15 is 0 Å². The van der Waals surface area contributed by atoms with Crippen molar-refractivity contribution < 1.29 is 18.8 Å². The molecule has 1 aromatic rings. The minimum absolute atomic E-state index is 0.130. The van der Waals surface area contributed by atoms with Gasteiger partial charge in [0.05, 0.1) is 20.1 Å². The van der Waals surface area contributed by atoms with E-state index < -0.39 is 5.91 Å². The second-order valence-electron chi connectivity index (χ2n) is 7.42. The van der Waals surface area contributed by atoms with Crippen LogP contribution in [-0.2, 0) is 11.3 Å². The summed E-state index contributed by atoms with van der Waals surface area (Å²) < 4.78 is 6.13. The van der Waals surface area contributed by atoms with Crippen molar-refractivity contribution >= 4 is 12.0 Å². The van der Waals surface area contributed by atoms with Crippen LogP contribution in [0.1, 0.15) is 36.2 Å². The molecule has 1 aliphatic rings. The Morgan fingerprint density at radius 2 is 1.88 bits per heavy atom. The summed E-state index contributed by atoms with van der Waals surface area (Å²) in [4.78, 5) is 25.3. The summed E-state index contributed by atoms with van der Waals surface area (Å²) in [6, 6.07) is 7.57. The molecule has 144 valence electrons. The quantitative estimate of drug-likeness (QED) is 0.720. The maximum atomic E-state index is 11.8. The lowest BCUT2D eigenvalue weighted by Crippen LogP contribution is -2.58. The van der Waals surface area contributed by atoms with E-state index in [0.29, 0.717) is 12.3 Å². The number of hydrogen-bond donors (Lipinski definition) is 2. The largest absolute Gasteiger partial charge is 0.411 e. The van der Waals surface area contributed by atoms with Crippen LogP contribution in [-0.4, -0.2) is 67.4 Å². The van der Waals surface area contributed by atoms with Gasteiger partial charge >= 0.3 is 6.09 Å². The second-order valence-corrected chi connectivity index (χ2v) is 7.42. The number of carbonyl (C=O) groups is 2. The lowest BCUT2D eigenvalue weighted by Gasteiger charge is -2.41. The predicted octanol–water partition coefficient (Wildman–Crippen LogP) is 1.53. The first-order chi connectivity index (χ1) is 12.3. The Labute approximate surface area is 155 Å². The number of alkyl carbamates (subject to hydrolysis) is 1. The van der Waals surface area contributed by atoms with Crippen molar-refractivity contribution in [1.82, 2.24) is 10.2 Å². The normalized spacial score (nSPS) is 18.1. The molecule has 7 nitrogen and oxygen atoms in total. The zero-order chi connectivity index (χ0) is 19.2. The summed E-state index contributed by atoms with van der Waals surface area (Å²) >= 11 is 0. The van der Waals surface area contributed by atoms with Gasteiger partial charge in [0, 0.05) is 31.2 Å². The Bertz CT molecular complexity index is 610. The number of ether oxygens (including phenoxy) is 1. The van der Waals surface area contributed by atoms with Crippen LogP contribution in [0.2, 0.25) is 0 Å². The maximum absolute atomic E-state index is 11.8. The van der Waals surface area contributed by atoms with Crippen molar-refractivity contribution in [1.29, 1.82) is 0 Å². The lowest BCUT2D eigenvalue weighted by molar-refractivity contribution is -0.929. The smallest absolute Gasteiger partial charge is 0.399 e. The van der Waals surface area contributed by atoms with Crippen molar-refractivity contribution in [3.63, 3.8) is 0 Å². The Morgan fingerprint density at radius 1 is 1.27 bits per heavy atom. The molecule has 0 saturated carbocycles. The monoisotopic (exact) mass is 363 g/mol. The van der Waals surface area contributed by atoms with Crippen molar-refractivity contribution in [2.45, 2.75) is 32.9 Å². The van der Waals surface area contributed by atoms with Gasteiger partial charge < -0.3 is 15.8 Å². The van der Waals surface area contributed by atoms with Crippen LogP contribution >= 0.6 is 0 Å². The SMILES string of the molecule is CCC(C)NC(=O)OC[N+]1(C)CCN(Cc2ccc(C(N)=O)cc2)CC1. The molecule has 1 atom stereocenters. The van der Waals surface area contributed by atoms with Gasteiger partial charge in [0.25, 0.3) is 0 Å². The minimum Gasteiger partial charge on any atom is -0.399 e. The Kier molecular flexibility index (Phi) is 6.99. The minimum atomic E-state index is -0.403. The number of piperazine rings is 1. The van der Waals surface area contributed by atoms with Crippen molar-refractivity contribution in [3.05, 3.63) is 35.4 Å². The molecular formula is C19H31N4O3+. The molecule has 1 unspecified atom stereocenters. The molecule has 0 aromatic heterocycles. The van der Waals surface area contributed by atoms with Crippen LogP contribution in [0, 0.1) is 0 Å². The zero-order valence-electron chi connectivity index (χ0n) is 16.0. The molecule has 0 bridgehead atoms. The van der Waals surface area contributed by atoms with Gasteiger partial charge in [0.15, 0.2) is 0 Å². The van der Waals surface area contributed by atoms with E-state index in [4.69, 9.17) is 10.5 Å². The number of benzene rings is 1. The number of amides is 2. The van der Waals surface area contributed by atoms with Crippen molar-refractivity contribution in [3.8, 4) is 0 Å². The molecule has 0 radical (unpaired) electrons. The summed E-state index contributed by atoms with van der Waals surface area (Å²) in [5.41, 5.74) is 6.96. The molecule has 1 heterocycles. The lowest BCUT2D eigenvalue weighted by atomic mass is 10.1. The van der Waals surface area contributed by atoms with Gasteiger partial charge in [0.1, 0.15) is 0 Å². The molecule has 26 heavy (non-hydrogen) atoms. The highest BCUT2D eigenvalue weighted by Gasteiger charge is 2.30. The number of nitrogens with two attached hydrogens (primary N) is 1. The second kappa shape index (κ2) is 9.00. The van der Waals surface area contributed by atoms with Gasteiger partial charge in [-0.05, 0) is 31.0 Å². The van der Waals surface area contributed by atoms with E-state index in [1.54, 1.807) is 12.1 Å². The molecule has 1 saturated heterocycles. The highest BCUT2D eigenvalue weighted by Crippen LogP contribution is 2.14. The number of likely N-dealkylation sites (N-methyl/N-ethyl adjacent to an activating group) is 1. The first kappa shape index (κ1) is 20.2. The van der Waals surface area contributed by atoms with Crippen molar-refractivity contribution in [2.24, 2.45) is 5.73 Å². The number of nitrogens with one attached hydrogen (secondary N) is 1. The average Bonchev–Trinajstić information content (AvgIpc) is 2.62. The van der Waals surface area contributed by atoms with Crippen LogP contribution in [0.25, 0.3) is 0 Å². The highest BCUT2D eigenvalue weighted by molar-refractivity contribution is 5.92. The van der Waals surface area contributed by atoms with E-state index in [1.165, 1.54) is 0 Å². The fourth-order valence-electron chi connectivity index (χ4n) is 2.87. The molecule has 1 aliphatic heterocycles. The standard InChI is InChI=1S/C19H30N4O3/c1-4-15(2)21-19(25)26-14-23(3)11-9-22(10-12-23)13-16-5-7-17(8-6-16)18(20)24/h5-8,15H,4,9-14H2,1-3H3,(H2-,20,21,24,25)/p+1. The first-order valence-electron chi connectivity index (χ1n) is 9.19. The Balaban J connectivity index is 1.76. The number of carbonyl (C=O) groups excluding carboxylic acids is 2. The molecule has 1 fully saturated rings. The third kappa shape index (κ3) is 6.00. The number of nitrogens with zero attached hydrogens (tertiary/aromatic N) is 2. The molecule has 0 spiro atoms. The molecule has 2 amide bonds. The van der Waals surface area contributed by atoms with Crippen LogP contribution in [0.3, 0.4) is 0 Å². The third-order valence-electron chi connectivity index (χ3n) is 5.04. The number of primary amides is 1. The molecule has 2 rings (SSSR count). The van der Waals surface area contributed by atoms with E-state index in [2.05, 4.69) is 17.3 Å². The fourth-order valence-corrected chi connectivity index (χ4v) is 2.87. The van der Waals surface area contributed by atoms with Gasteiger partial charge in [-0.1, -0.05) is 19.1 Å². The number of hydrogen-bond acceptors (Lipinski definition) is 4. The van der Waals surface area contributed by atoms with Crippen molar-refractivity contribution in [2.75, 3.05) is 40.0 Å². The molecule has 0 aliphatic carbocycles. The van der Waals surface area contributed by atoms with E-state index in [1.807, 2.05) is 26.0 Å². The summed E-state index contributed by atoms with van der Waals surface area (Å²) in [6.07, 6.45) is 0.548. The predicted molar refractivity (Wildman–Crippen MR) is 100 cm³/mol. The Hall–Kier alpha value is -2.12. The van der Waals surface area contributed by atoms with E-state index in [0.717, 1.165) is 49.2 Å². The van der Waals surface area contributed by atoms with Crippen LogP contribution < -0.4 is 11.1 Å². The summed E-state index contributed by atoms with van der Waals surface area (Å²) in [6.45, 7) is 8.95. The van der Waals surface area contributed by atoms with Gasteiger partial charge in [-0.2, -0.15) is 0 Å². The molecular weight excluding hydrogens is 332 g/mol. The van der Waals surface area contributed by atoms with Crippen LogP contribution in [0.5, 0.6) is 0 Å². The first-order valence-corrected chi connectivity index (χ1v) is 9.19. The maximum Gasteiger partial charge on any atom is 0.411 e. The average molecular weight is 363 g/mol. The fraction of sp³-hybridized carbons (Fsp3) is 0.579. The van der Waals surface area contributed by atoms with Crippen LogP contribution in [0.4, 0.5) is 4.79 Å².